The van der Waals surface area contributed by atoms with Crippen LogP contribution in [-0.4, -0.2) is 15.7 Å². The number of furan rings is 1. The highest BCUT2D eigenvalue weighted by atomic mass is 16.3. The van der Waals surface area contributed by atoms with Gasteiger partial charge in [-0.05, 0) is 56.3 Å². The van der Waals surface area contributed by atoms with Gasteiger partial charge in [0.2, 0.25) is 0 Å². The molecule has 112 valence electrons. The first-order valence-electron chi connectivity index (χ1n) is 7.11. The Labute approximate surface area is 128 Å². The van der Waals surface area contributed by atoms with Crippen molar-refractivity contribution in [3.05, 3.63) is 71.9 Å². The van der Waals surface area contributed by atoms with Crippen molar-refractivity contribution in [2.75, 3.05) is 0 Å². The minimum atomic E-state index is -0.174. The molecule has 5 heteroatoms. The van der Waals surface area contributed by atoms with Crippen molar-refractivity contribution in [3.8, 4) is 5.69 Å². The molecule has 1 amide bonds. The van der Waals surface area contributed by atoms with E-state index in [-0.39, 0.29) is 11.9 Å². The summed E-state index contributed by atoms with van der Waals surface area (Å²) < 4.78 is 7.27. The molecule has 5 nitrogen and oxygen atoms in total. The van der Waals surface area contributed by atoms with Gasteiger partial charge >= 0.3 is 0 Å². The largest absolute Gasteiger partial charge is 0.464 e. The molecule has 2 heterocycles. The van der Waals surface area contributed by atoms with Gasteiger partial charge in [0.1, 0.15) is 11.5 Å². The second kappa shape index (κ2) is 5.89. The van der Waals surface area contributed by atoms with Crippen molar-refractivity contribution in [3.63, 3.8) is 0 Å². The smallest absolute Gasteiger partial charge is 0.251 e. The molecule has 1 atom stereocenters. The van der Waals surface area contributed by atoms with Crippen LogP contribution in [0, 0.1) is 6.92 Å². The highest BCUT2D eigenvalue weighted by molar-refractivity contribution is 5.94. The second-order valence-electron chi connectivity index (χ2n) is 5.14. The molecule has 0 saturated heterocycles. The molecule has 1 N–H and O–H groups in total. The Morgan fingerprint density at radius 1 is 1.23 bits per heavy atom. The predicted molar refractivity (Wildman–Crippen MR) is 82.9 cm³/mol. The third kappa shape index (κ3) is 2.93. The molecule has 22 heavy (non-hydrogen) atoms. The molecule has 0 aliphatic heterocycles. The summed E-state index contributed by atoms with van der Waals surface area (Å²) in [6.07, 6.45) is 3.57. The van der Waals surface area contributed by atoms with Gasteiger partial charge in [0.15, 0.2) is 0 Å². The van der Waals surface area contributed by atoms with Gasteiger partial charge in [0.25, 0.3) is 5.91 Å². The first kappa shape index (κ1) is 14.1. The Hall–Kier alpha value is -2.82. The summed E-state index contributed by atoms with van der Waals surface area (Å²) in [5, 5.41) is 7.08. The zero-order valence-electron chi connectivity index (χ0n) is 12.5. The van der Waals surface area contributed by atoms with E-state index >= 15 is 0 Å². The summed E-state index contributed by atoms with van der Waals surface area (Å²) >= 11 is 0. The molecule has 0 saturated carbocycles. The third-order valence-corrected chi connectivity index (χ3v) is 3.43. The van der Waals surface area contributed by atoms with Crippen molar-refractivity contribution in [2.24, 2.45) is 0 Å². The fourth-order valence-electron chi connectivity index (χ4n) is 2.22. The summed E-state index contributed by atoms with van der Waals surface area (Å²) in [5.74, 6) is 1.45. The lowest BCUT2D eigenvalue weighted by Gasteiger charge is -2.12. The van der Waals surface area contributed by atoms with Crippen LogP contribution in [0.15, 0.2) is 59.3 Å². The fraction of sp³-hybridized carbons (Fsp3) is 0.176. The first-order chi connectivity index (χ1) is 10.6. The number of rotatable bonds is 4. The number of benzene rings is 1. The average Bonchev–Trinajstić information content (AvgIpc) is 3.18. The Bertz CT molecular complexity index is 758. The van der Waals surface area contributed by atoms with Crippen molar-refractivity contribution in [1.82, 2.24) is 15.1 Å². The molecule has 3 aromatic rings. The third-order valence-electron chi connectivity index (χ3n) is 3.43. The lowest BCUT2D eigenvalue weighted by atomic mass is 10.1. The Morgan fingerprint density at radius 2 is 2.00 bits per heavy atom. The lowest BCUT2D eigenvalue weighted by Crippen LogP contribution is -2.26. The van der Waals surface area contributed by atoms with Gasteiger partial charge in [0.05, 0.1) is 11.7 Å². The van der Waals surface area contributed by atoms with Crippen LogP contribution >= 0.6 is 0 Å². The minimum Gasteiger partial charge on any atom is -0.464 e. The van der Waals surface area contributed by atoms with E-state index in [0.717, 1.165) is 17.2 Å². The van der Waals surface area contributed by atoms with Crippen molar-refractivity contribution in [1.29, 1.82) is 0 Å². The summed E-state index contributed by atoms with van der Waals surface area (Å²) in [6, 6.07) is 12.7. The SMILES string of the molecule is Cc1ccc(C(C)NC(=O)c2ccc(-n3cccn3)cc2)o1. The fourth-order valence-corrected chi connectivity index (χ4v) is 2.22. The van der Waals surface area contributed by atoms with Gasteiger partial charge in [-0.1, -0.05) is 0 Å². The number of hydrogen-bond acceptors (Lipinski definition) is 3. The molecule has 1 aromatic carbocycles. The zero-order chi connectivity index (χ0) is 15.5. The van der Waals surface area contributed by atoms with E-state index in [1.165, 1.54) is 0 Å². The van der Waals surface area contributed by atoms with Crippen molar-refractivity contribution in [2.45, 2.75) is 19.9 Å². The van der Waals surface area contributed by atoms with Gasteiger partial charge in [-0.25, -0.2) is 4.68 Å². The monoisotopic (exact) mass is 295 g/mol. The number of nitrogens with zero attached hydrogens (tertiary/aromatic N) is 2. The number of amides is 1. The maximum Gasteiger partial charge on any atom is 0.251 e. The van der Waals surface area contributed by atoms with Crippen LogP contribution in [-0.2, 0) is 0 Å². The minimum absolute atomic E-state index is 0.131. The van der Waals surface area contributed by atoms with E-state index < -0.39 is 0 Å². The summed E-state index contributed by atoms with van der Waals surface area (Å²) in [6.45, 7) is 3.78. The number of aryl methyl sites for hydroxylation is 1. The molecule has 0 spiro atoms. The van der Waals surface area contributed by atoms with Crippen LogP contribution in [0.4, 0.5) is 0 Å². The quantitative estimate of drug-likeness (QED) is 0.803. The number of hydrogen-bond donors (Lipinski definition) is 1. The number of carbonyl (C=O) groups excluding carboxylic acids is 1. The van der Waals surface area contributed by atoms with Crippen LogP contribution in [0.3, 0.4) is 0 Å². The second-order valence-corrected chi connectivity index (χ2v) is 5.14. The molecular weight excluding hydrogens is 278 g/mol. The lowest BCUT2D eigenvalue weighted by molar-refractivity contribution is 0.0935. The summed E-state index contributed by atoms with van der Waals surface area (Å²) in [7, 11) is 0. The normalized spacial score (nSPS) is 12.1. The van der Waals surface area contributed by atoms with E-state index in [0.29, 0.717) is 5.56 Å². The molecule has 0 aliphatic carbocycles. The maximum atomic E-state index is 12.3. The number of carbonyl (C=O) groups is 1. The maximum absolute atomic E-state index is 12.3. The van der Waals surface area contributed by atoms with Gasteiger partial charge in [-0.2, -0.15) is 5.10 Å². The molecule has 0 radical (unpaired) electrons. The first-order valence-corrected chi connectivity index (χ1v) is 7.11. The predicted octanol–water partition coefficient (Wildman–Crippen LogP) is 3.26. The van der Waals surface area contributed by atoms with E-state index in [2.05, 4.69) is 10.4 Å². The molecule has 0 fully saturated rings. The highest BCUT2D eigenvalue weighted by Gasteiger charge is 2.14. The molecule has 0 aliphatic rings. The van der Waals surface area contributed by atoms with Crippen molar-refractivity contribution < 1.29 is 9.21 Å². The van der Waals surface area contributed by atoms with Gasteiger partial charge in [-0.15, -0.1) is 0 Å². The van der Waals surface area contributed by atoms with Gasteiger partial charge in [0, 0.05) is 18.0 Å². The molecular formula is C17H17N3O2. The van der Waals surface area contributed by atoms with Crippen LogP contribution in [0.5, 0.6) is 0 Å². The Kier molecular flexibility index (Phi) is 3.78. The summed E-state index contributed by atoms with van der Waals surface area (Å²) in [5.41, 5.74) is 1.52. The highest BCUT2D eigenvalue weighted by Crippen LogP contribution is 2.16. The molecule has 0 bridgehead atoms. The van der Waals surface area contributed by atoms with E-state index in [4.69, 9.17) is 4.42 Å². The summed E-state index contributed by atoms with van der Waals surface area (Å²) in [4.78, 5) is 12.3. The molecule has 2 aromatic heterocycles. The van der Waals surface area contributed by atoms with Crippen LogP contribution < -0.4 is 5.32 Å². The van der Waals surface area contributed by atoms with Crippen LogP contribution in [0.25, 0.3) is 5.69 Å². The standard InChI is InChI=1S/C17H17N3O2/c1-12-4-9-16(22-12)13(2)19-17(21)14-5-7-15(8-6-14)20-11-3-10-18-20/h3-11,13H,1-2H3,(H,19,21). The number of aromatic nitrogens is 2. The van der Waals surface area contributed by atoms with Crippen LogP contribution in [0.2, 0.25) is 0 Å². The van der Waals surface area contributed by atoms with Gasteiger partial charge in [-0.3, -0.25) is 4.79 Å². The Morgan fingerprint density at radius 3 is 2.59 bits per heavy atom. The van der Waals surface area contributed by atoms with Gasteiger partial charge < -0.3 is 9.73 Å². The van der Waals surface area contributed by atoms with E-state index in [9.17, 15) is 4.79 Å². The average molecular weight is 295 g/mol. The molecule has 1 unspecified atom stereocenters. The van der Waals surface area contributed by atoms with E-state index in [1.807, 2.05) is 50.4 Å². The zero-order valence-corrected chi connectivity index (χ0v) is 12.5. The van der Waals surface area contributed by atoms with Crippen molar-refractivity contribution >= 4 is 5.91 Å². The molecule has 3 rings (SSSR count). The Balaban J connectivity index is 1.70. The number of nitrogens with one attached hydrogen (secondary N) is 1. The van der Waals surface area contributed by atoms with E-state index in [1.54, 1.807) is 23.0 Å². The van der Waals surface area contributed by atoms with Crippen LogP contribution in [0.1, 0.15) is 34.8 Å². The topological polar surface area (TPSA) is 60.1 Å².